The van der Waals surface area contributed by atoms with Gasteiger partial charge in [0.2, 0.25) is 5.91 Å². The van der Waals surface area contributed by atoms with Crippen LogP contribution in [0.5, 0.6) is 0 Å². The number of carbonyl (C=O) groups excluding carboxylic acids is 1. The minimum absolute atomic E-state index is 0.156. The van der Waals surface area contributed by atoms with Gasteiger partial charge in [0.25, 0.3) is 0 Å². The first-order chi connectivity index (χ1) is 10.1. The summed E-state index contributed by atoms with van der Waals surface area (Å²) in [6.45, 7) is 0.395. The highest BCUT2D eigenvalue weighted by Crippen LogP contribution is 2.20. The van der Waals surface area contributed by atoms with Crippen LogP contribution in [-0.2, 0) is 17.8 Å². The molecular formula is C16H14ClN3O. The number of rotatable bonds is 4. The molecule has 1 amide bonds. The van der Waals surface area contributed by atoms with Crippen molar-refractivity contribution >= 4 is 23.2 Å². The Morgan fingerprint density at radius 3 is 2.57 bits per heavy atom. The third-order valence-corrected chi connectivity index (χ3v) is 3.38. The molecule has 0 aliphatic rings. The van der Waals surface area contributed by atoms with Gasteiger partial charge in [-0.15, -0.1) is 0 Å². The summed E-state index contributed by atoms with van der Waals surface area (Å²) in [4.78, 5) is 12.1. The molecule has 0 heterocycles. The Kier molecular flexibility index (Phi) is 4.94. The van der Waals surface area contributed by atoms with E-state index in [1.54, 1.807) is 18.2 Å². The first-order valence-electron chi connectivity index (χ1n) is 6.40. The van der Waals surface area contributed by atoms with E-state index < -0.39 is 0 Å². The highest BCUT2D eigenvalue weighted by atomic mass is 35.5. The van der Waals surface area contributed by atoms with Crippen molar-refractivity contribution in [2.75, 3.05) is 5.32 Å². The normalized spacial score (nSPS) is 9.95. The smallest absolute Gasteiger partial charge is 0.228 e. The van der Waals surface area contributed by atoms with Gasteiger partial charge in [0.1, 0.15) is 6.07 Å². The molecule has 2 aromatic carbocycles. The topological polar surface area (TPSA) is 78.9 Å². The lowest BCUT2D eigenvalue weighted by Crippen LogP contribution is -2.16. The van der Waals surface area contributed by atoms with Crippen LogP contribution in [0.4, 0.5) is 5.69 Å². The van der Waals surface area contributed by atoms with Crippen molar-refractivity contribution in [3.05, 3.63) is 64.2 Å². The maximum atomic E-state index is 12.1. The number of carbonyl (C=O) groups is 1. The molecule has 0 atom stereocenters. The van der Waals surface area contributed by atoms with E-state index in [9.17, 15) is 4.79 Å². The van der Waals surface area contributed by atoms with Crippen molar-refractivity contribution in [3.8, 4) is 6.07 Å². The third kappa shape index (κ3) is 3.82. The van der Waals surface area contributed by atoms with Crippen molar-refractivity contribution in [1.82, 2.24) is 0 Å². The lowest BCUT2D eigenvalue weighted by atomic mass is 10.0. The summed E-state index contributed by atoms with van der Waals surface area (Å²) >= 11 is 5.93. The number of hydrogen-bond donors (Lipinski definition) is 2. The third-order valence-electron chi connectivity index (χ3n) is 3.06. The van der Waals surface area contributed by atoms with Crippen LogP contribution in [0.25, 0.3) is 0 Å². The first kappa shape index (κ1) is 15.0. The summed E-state index contributed by atoms with van der Waals surface area (Å²) in [5.41, 5.74) is 8.44. The van der Waals surface area contributed by atoms with E-state index in [4.69, 9.17) is 22.6 Å². The zero-order valence-electron chi connectivity index (χ0n) is 11.3. The standard InChI is InChI=1S/C16H14ClN3O/c17-15-8-14(6-5-13(15)10-19)20-16(21)7-11-3-1-2-4-12(11)9-18/h1-6,8H,7,9,18H2,(H,20,21). The Hall–Kier alpha value is -2.35. The fourth-order valence-electron chi connectivity index (χ4n) is 1.99. The molecule has 0 bridgehead atoms. The summed E-state index contributed by atoms with van der Waals surface area (Å²) in [5.74, 6) is -0.156. The molecule has 0 saturated carbocycles. The van der Waals surface area contributed by atoms with Crippen molar-refractivity contribution in [2.45, 2.75) is 13.0 Å². The average Bonchev–Trinajstić information content (AvgIpc) is 2.48. The number of amides is 1. The molecule has 0 unspecified atom stereocenters. The van der Waals surface area contributed by atoms with Crippen molar-refractivity contribution in [1.29, 1.82) is 5.26 Å². The van der Waals surface area contributed by atoms with Crippen LogP contribution in [0.1, 0.15) is 16.7 Å². The second-order valence-corrected chi connectivity index (χ2v) is 4.91. The molecule has 2 aromatic rings. The second-order valence-electron chi connectivity index (χ2n) is 4.50. The predicted octanol–water partition coefficient (Wildman–Crippen LogP) is 2.85. The molecule has 0 fully saturated rings. The van der Waals surface area contributed by atoms with E-state index in [-0.39, 0.29) is 12.3 Å². The lowest BCUT2D eigenvalue weighted by Gasteiger charge is -2.09. The highest BCUT2D eigenvalue weighted by Gasteiger charge is 2.08. The van der Waals surface area contributed by atoms with Gasteiger partial charge in [0, 0.05) is 12.2 Å². The van der Waals surface area contributed by atoms with Crippen molar-refractivity contribution < 1.29 is 4.79 Å². The fourth-order valence-corrected chi connectivity index (χ4v) is 2.21. The molecule has 106 valence electrons. The van der Waals surface area contributed by atoms with Crippen molar-refractivity contribution in [3.63, 3.8) is 0 Å². The summed E-state index contributed by atoms with van der Waals surface area (Å²) in [6.07, 6.45) is 0.241. The summed E-state index contributed by atoms with van der Waals surface area (Å²) in [7, 11) is 0. The Morgan fingerprint density at radius 2 is 1.95 bits per heavy atom. The van der Waals surface area contributed by atoms with E-state index in [1.165, 1.54) is 0 Å². The largest absolute Gasteiger partial charge is 0.326 e. The van der Waals surface area contributed by atoms with Crippen LogP contribution in [-0.4, -0.2) is 5.91 Å². The van der Waals surface area contributed by atoms with Gasteiger partial charge >= 0.3 is 0 Å². The van der Waals surface area contributed by atoms with E-state index in [2.05, 4.69) is 5.32 Å². The Bertz CT molecular complexity index is 707. The molecule has 3 N–H and O–H groups in total. The van der Waals surface area contributed by atoms with Crippen LogP contribution in [0.15, 0.2) is 42.5 Å². The molecule has 4 nitrogen and oxygen atoms in total. The summed E-state index contributed by atoms with van der Waals surface area (Å²) < 4.78 is 0. The Balaban J connectivity index is 2.08. The highest BCUT2D eigenvalue weighted by molar-refractivity contribution is 6.32. The van der Waals surface area contributed by atoms with Gasteiger partial charge in [-0.1, -0.05) is 35.9 Å². The van der Waals surface area contributed by atoms with Gasteiger partial charge in [-0.25, -0.2) is 0 Å². The zero-order valence-corrected chi connectivity index (χ0v) is 12.0. The number of nitrogens with two attached hydrogens (primary N) is 1. The van der Waals surface area contributed by atoms with Crippen molar-refractivity contribution in [2.24, 2.45) is 5.73 Å². The van der Waals surface area contributed by atoms with Crippen LogP contribution in [0.2, 0.25) is 5.02 Å². The van der Waals surface area contributed by atoms with Crippen LogP contribution in [0.3, 0.4) is 0 Å². The van der Waals surface area contributed by atoms with Crippen LogP contribution >= 0.6 is 11.6 Å². The minimum Gasteiger partial charge on any atom is -0.326 e. The molecule has 2 rings (SSSR count). The summed E-state index contributed by atoms with van der Waals surface area (Å²) in [6, 6.07) is 14.3. The van der Waals surface area contributed by atoms with Gasteiger partial charge in [0.05, 0.1) is 17.0 Å². The fraction of sp³-hybridized carbons (Fsp3) is 0.125. The van der Waals surface area contributed by atoms with Gasteiger partial charge in [-0.2, -0.15) is 5.26 Å². The SMILES string of the molecule is N#Cc1ccc(NC(=O)Cc2ccccc2CN)cc1Cl. The van der Waals surface area contributed by atoms with E-state index in [1.807, 2.05) is 30.3 Å². The number of nitriles is 1. The molecule has 0 spiro atoms. The van der Waals surface area contributed by atoms with Gasteiger partial charge in [0.15, 0.2) is 0 Å². The molecular weight excluding hydrogens is 286 g/mol. The maximum absolute atomic E-state index is 12.1. The number of nitrogens with zero attached hydrogens (tertiary/aromatic N) is 1. The molecule has 21 heavy (non-hydrogen) atoms. The van der Waals surface area contributed by atoms with Crippen LogP contribution in [0, 0.1) is 11.3 Å². The molecule has 0 aromatic heterocycles. The van der Waals surface area contributed by atoms with E-state index in [0.717, 1.165) is 11.1 Å². The maximum Gasteiger partial charge on any atom is 0.228 e. The van der Waals surface area contributed by atoms with E-state index in [0.29, 0.717) is 22.8 Å². The number of anilines is 1. The van der Waals surface area contributed by atoms with Crippen LogP contribution < -0.4 is 11.1 Å². The predicted molar refractivity (Wildman–Crippen MR) is 82.8 cm³/mol. The average molecular weight is 300 g/mol. The Labute approximate surface area is 128 Å². The number of nitrogens with one attached hydrogen (secondary N) is 1. The molecule has 0 aliphatic carbocycles. The van der Waals surface area contributed by atoms with Gasteiger partial charge in [-0.05, 0) is 29.3 Å². The number of halogens is 1. The second kappa shape index (κ2) is 6.89. The quantitative estimate of drug-likeness (QED) is 0.911. The molecule has 5 heteroatoms. The minimum atomic E-state index is -0.156. The first-order valence-corrected chi connectivity index (χ1v) is 6.78. The summed E-state index contributed by atoms with van der Waals surface area (Å²) in [5, 5.41) is 11.9. The van der Waals surface area contributed by atoms with E-state index >= 15 is 0 Å². The Morgan fingerprint density at radius 1 is 1.24 bits per heavy atom. The molecule has 0 aliphatic heterocycles. The zero-order chi connectivity index (χ0) is 15.2. The number of benzene rings is 2. The van der Waals surface area contributed by atoms with Gasteiger partial charge in [-0.3, -0.25) is 4.79 Å². The molecule has 0 radical (unpaired) electrons. The lowest BCUT2D eigenvalue weighted by molar-refractivity contribution is -0.115. The molecule has 0 saturated heterocycles. The number of hydrogen-bond acceptors (Lipinski definition) is 3. The monoisotopic (exact) mass is 299 g/mol. The van der Waals surface area contributed by atoms with Gasteiger partial charge < -0.3 is 11.1 Å².